The Bertz CT molecular complexity index is 1220. The minimum atomic E-state index is -0.440. The van der Waals surface area contributed by atoms with Gasteiger partial charge in [0.2, 0.25) is 12.7 Å². The lowest BCUT2D eigenvalue weighted by Gasteiger charge is -2.16. The lowest BCUT2D eigenvalue weighted by atomic mass is 9.86. The number of aryl methyl sites for hydroxylation is 1. The number of ether oxygens (including phenoxy) is 2. The highest BCUT2D eigenvalue weighted by atomic mass is 16.7. The van der Waals surface area contributed by atoms with Gasteiger partial charge in [0.25, 0.3) is 0 Å². The number of hydrogen-bond acceptors (Lipinski definition) is 4. The molecule has 2 aliphatic rings. The summed E-state index contributed by atoms with van der Waals surface area (Å²) >= 11 is 0. The smallest absolute Gasteiger partial charge is 0.248 e. The zero-order valence-electron chi connectivity index (χ0n) is 18.0. The molecule has 164 valence electrons. The molecule has 5 rings (SSSR count). The molecule has 0 aromatic heterocycles. The molecule has 2 N–H and O–H groups in total. The third-order valence-electron chi connectivity index (χ3n) is 6.61. The monoisotopic (exact) mass is 429 g/mol. The van der Waals surface area contributed by atoms with Crippen molar-refractivity contribution in [2.24, 2.45) is 5.73 Å². The molecule has 0 bridgehead atoms. The van der Waals surface area contributed by atoms with Crippen LogP contribution in [0, 0.1) is 0 Å². The van der Waals surface area contributed by atoms with Gasteiger partial charge in [0.05, 0.1) is 5.41 Å². The van der Waals surface area contributed by atoms with Gasteiger partial charge in [-0.05, 0) is 71.3 Å². The first kappa shape index (κ1) is 20.3. The molecular weight excluding hydrogens is 402 g/mol. The molecule has 1 amide bonds. The van der Waals surface area contributed by atoms with Crippen LogP contribution in [0.25, 0.3) is 11.1 Å². The molecule has 0 radical (unpaired) electrons. The number of benzene rings is 3. The zero-order chi connectivity index (χ0) is 22.3. The summed E-state index contributed by atoms with van der Waals surface area (Å²) in [6.07, 6.45) is 2.98. The van der Waals surface area contributed by atoms with Crippen LogP contribution in [0.2, 0.25) is 0 Å². The SMILES string of the molecule is CCc1ccc(CC(=O)C2(c3ccc4c(c3)OCO4)CC2)cc1-c1ccc(C(N)=O)cc1.[HH]. The van der Waals surface area contributed by atoms with Crippen LogP contribution in [0.3, 0.4) is 0 Å². The Balaban J connectivity index is 0.00000259. The van der Waals surface area contributed by atoms with Crippen LogP contribution < -0.4 is 15.2 Å². The van der Waals surface area contributed by atoms with Gasteiger partial charge in [-0.3, -0.25) is 9.59 Å². The minimum absolute atomic E-state index is 0. The van der Waals surface area contributed by atoms with Crippen molar-refractivity contribution >= 4 is 11.7 Å². The topological polar surface area (TPSA) is 78.6 Å². The fourth-order valence-electron chi connectivity index (χ4n) is 4.53. The Labute approximate surface area is 188 Å². The summed E-state index contributed by atoms with van der Waals surface area (Å²) in [6.45, 7) is 2.34. The van der Waals surface area contributed by atoms with E-state index in [4.69, 9.17) is 15.2 Å². The van der Waals surface area contributed by atoms with Crippen LogP contribution in [-0.2, 0) is 23.1 Å². The third kappa shape index (κ3) is 3.54. The van der Waals surface area contributed by atoms with Gasteiger partial charge in [0, 0.05) is 13.4 Å². The summed E-state index contributed by atoms with van der Waals surface area (Å²) in [5.74, 6) is 1.25. The largest absolute Gasteiger partial charge is 0.454 e. The van der Waals surface area contributed by atoms with E-state index in [1.54, 1.807) is 12.1 Å². The molecule has 1 saturated carbocycles. The van der Waals surface area contributed by atoms with Gasteiger partial charge in [-0.15, -0.1) is 0 Å². The Hall–Kier alpha value is -3.60. The van der Waals surface area contributed by atoms with Crippen LogP contribution in [0.4, 0.5) is 0 Å². The van der Waals surface area contributed by atoms with Gasteiger partial charge in [0.15, 0.2) is 11.5 Å². The quantitative estimate of drug-likeness (QED) is 0.583. The Kier molecular flexibility index (Phi) is 4.97. The predicted molar refractivity (Wildman–Crippen MR) is 124 cm³/mol. The highest BCUT2D eigenvalue weighted by Crippen LogP contribution is 2.51. The minimum Gasteiger partial charge on any atom is -0.454 e. The van der Waals surface area contributed by atoms with Crippen LogP contribution >= 0.6 is 0 Å². The number of carbonyl (C=O) groups excluding carboxylic acids is 2. The number of amides is 1. The number of primary amides is 1. The lowest BCUT2D eigenvalue weighted by Crippen LogP contribution is -2.22. The third-order valence-corrected chi connectivity index (χ3v) is 6.61. The first-order chi connectivity index (χ1) is 15.5. The number of ketones is 1. The van der Waals surface area contributed by atoms with Crippen molar-refractivity contribution in [3.8, 4) is 22.6 Å². The lowest BCUT2D eigenvalue weighted by molar-refractivity contribution is -0.120. The number of carbonyl (C=O) groups is 2. The summed E-state index contributed by atoms with van der Waals surface area (Å²) in [7, 11) is 0. The maximum Gasteiger partial charge on any atom is 0.248 e. The second kappa shape index (κ2) is 7.83. The van der Waals surface area contributed by atoms with E-state index in [1.807, 2.05) is 36.4 Å². The van der Waals surface area contributed by atoms with E-state index in [0.29, 0.717) is 12.0 Å². The number of nitrogens with two attached hydrogens (primary N) is 1. The molecular formula is C27H27NO4. The van der Waals surface area contributed by atoms with E-state index in [0.717, 1.165) is 53.0 Å². The number of Topliss-reactive ketones (excluding diaryl/α,β-unsaturated/α-hetero) is 1. The highest BCUT2D eigenvalue weighted by molar-refractivity contribution is 5.95. The van der Waals surface area contributed by atoms with E-state index in [2.05, 4.69) is 19.1 Å². The summed E-state index contributed by atoms with van der Waals surface area (Å²) in [5.41, 5.74) is 10.7. The van der Waals surface area contributed by atoms with Crippen molar-refractivity contribution < 1.29 is 20.5 Å². The molecule has 0 spiro atoms. The molecule has 0 atom stereocenters. The van der Waals surface area contributed by atoms with E-state index < -0.39 is 11.3 Å². The molecule has 1 fully saturated rings. The molecule has 1 aliphatic heterocycles. The Morgan fingerprint density at radius 2 is 1.72 bits per heavy atom. The van der Waals surface area contributed by atoms with Crippen molar-refractivity contribution in [1.82, 2.24) is 0 Å². The van der Waals surface area contributed by atoms with Crippen molar-refractivity contribution in [3.05, 3.63) is 82.9 Å². The summed E-state index contributed by atoms with van der Waals surface area (Å²) < 4.78 is 10.9. The molecule has 3 aromatic rings. The summed E-state index contributed by atoms with van der Waals surface area (Å²) in [5, 5.41) is 0. The average molecular weight is 430 g/mol. The molecule has 3 aromatic carbocycles. The van der Waals surface area contributed by atoms with Gasteiger partial charge in [-0.2, -0.15) is 0 Å². The van der Waals surface area contributed by atoms with Gasteiger partial charge in [-0.1, -0.05) is 43.3 Å². The predicted octanol–water partition coefficient (Wildman–Crippen LogP) is 4.83. The normalized spacial score (nSPS) is 15.4. The van der Waals surface area contributed by atoms with Crippen LogP contribution in [-0.4, -0.2) is 18.5 Å². The second-order valence-electron chi connectivity index (χ2n) is 8.54. The maximum absolute atomic E-state index is 13.4. The van der Waals surface area contributed by atoms with Gasteiger partial charge in [-0.25, -0.2) is 0 Å². The Morgan fingerprint density at radius 3 is 2.41 bits per heavy atom. The Morgan fingerprint density at radius 1 is 0.969 bits per heavy atom. The van der Waals surface area contributed by atoms with Crippen molar-refractivity contribution in [2.75, 3.05) is 6.79 Å². The standard InChI is InChI=1S/C27H25NO4.H2/c1-2-18-4-3-17(13-22(18)19-5-7-20(8-6-19)26(28)30)14-25(29)27(11-12-27)21-9-10-23-24(15-21)32-16-31-23;/h3-10,13,15H,2,11-12,14,16H2,1H3,(H2,28,30);1H. The van der Waals surface area contributed by atoms with E-state index in [9.17, 15) is 9.59 Å². The van der Waals surface area contributed by atoms with Crippen molar-refractivity contribution in [2.45, 2.75) is 38.0 Å². The second-order valence-corrected chi connectivity index (χ2v) is 8.54. The van der Waals surface area contributed by atoms with E-state index in [1.165, 1.54) is 5.56 Å². The van der Waals surface area contributed by atoms with Crippen LogP contribution in [0.15, 0.2) is 60.7 Å². The molecule has 0 saturated heterocycles. The molecule has 5 heteroatoms. The van der Waals surface area contributed by atoms with Crippen molar-refractivity contribution in [1.29, 1.82) is 0 Å². The average Bonchev–Trinajstić information content (AvgIpc) is 3.50. The van der Waals surface area contributed by atoms with Gasteiger partial charge >= 0.3 is 0 Å². The number of fused-ring (bicyclic) bond motifs is 1. The molecule has 1 heterocycles. The summed E-state index contributed by atoms with van der Waals surface area (Å²) in [4.78, 5) is 24.8. The fraction of sp³-hybridized carbons (Fsp3) is 0.259. The molecule has 0 unspecified atom stereocenters. The summed E-state index contributed by atoms with van der Waals surface area (Å²) in [6, 6.07) is 19.4. The van der Waals surface area contributed by atoms with Crippen LogP contribution in [0.1, 0.15) is 48.2 Å². The van der Waals surface area contributed by atoms with Gasteiger partial charge < -0.3 is 15.2 Å². The molecule has 32 heavy (non-hydrogen) atoms. The maximum atomic E-state index is 13.4. The van der Waals surface area contributed by atoms with E-state index in [-0.39, 0.29) is 14.0 Å². The number of hydrogen-bond donors (Lipinski definition) is 1. The number of rotatable bonds is 7. The highest BCUT2D eigenvalue weighted by Gasteiger charge is 2.50. The van der Waals surface area contributed by atoms with Crippen molar-refractivity contribution in [3.63, 3.8) is 0 Å². The molecule has 1 aliphatic carbocycles. The zero-order valence-corrected chi connectivity index (χ0v) is 18.0. The van der Waals surface area contributed by atoms with E-state index >= 15 is 0 Å². The van der Waals surface area contributed by atoms with Gasteiger partial charge in [0.1, 0.15) is 5.78 Å². The van der Waals surface area contributed by atoms with Crippen LogP contribution in [0.5, 0.6) is 11.5 Å². The fourth-order valence-corrected chi connectivity index (χ4v) is 4.53. The first-order valence-electron chi connectivity index (χ1n) is 11.0. The molecule has 5 nitrogen and oxygen atoms in total. The first-order valence-corrected chi connectivity index (χ1v) is 11.0.